The summed E-state index contributed by atoms with van der Waals surface area (Å²) in [5.74, 6) is 1.58. The van der Waals surface area contributed by atoms with Gasteiger partial charge in [0.1, 0.15) is 11.6 Å². The molecule has 0 saturated carbocycles. The summed E-state index contributed by atoms with van der Waals surface area (Å²) in [6.45, 7) is 7.04. The predicted octanol–water partition coefficient (Wildman–Crippen LogP) is 2.76. The number of methoxy groups -OCH3 is 1. The molecule has 1 aliphatic heterocycles. The Morgan fingerprint density at radius 2 is 1.96 bits per heavy atom. The molecule has 2 N–H and O–H groups in total. The van der Waals surface area contributed by atoms with E-state index in [0.29, 0.717) is 13.2 Å². The number of aryl methyl sites for hydroxylation is 3. The lowest BCUT2D eigenvalue weighted by molar-refractivity contribution is 0.125. The fourth-order valence-electron chi connectivity index (χ4n) is 3.21. The van der Waals surface area contributed by atoms with Crippen LogP contribution in [0, 0.1) is 6.92 Å². The van der Waals surface area contributed by atoms with Crippen molar-refractivity contribution in [2.75, 3.05) is 25.6 Å². The van der Waals surface area contributed by atoms with Gasteiger partial charge in [-0.25, -0.2) is 9.97 Å². The van der Waals surface area contributed by atoms with Gasteiger partial charge in [0, 0.05) is 5.56 Å². The van der Waals surface area contributed by atoms with Crippen LogP contribution in [-0.2, 0) is 17.6 Å². The van der Waals surface area contributed by atoms with Crippen molar-refractivity contribution in [3.05, 3.63) is 35.2 Å². The molecular weight excluding hydrogens is 330 g/mol. The van der Waals surface area contributed by atoms with Crippen LogP contribution in [0.1, 0.15) is 30.8 Å². The third-order valence-electron chi connectivity index (χ3n) is 4.77. The Balaban J connectivity index is 2.01. The number of aliphatic hydroxyl groups excluding tert-OH is 1. The zero-order valence-corrected chi connectivity index (χ0v) is 15.9. The van der Waals surface area contributed by atoms with Gasteiger partial charge in [-0.2, -0.15) is 0 Å². The fourth-order valence-corrected chi connectivity index (χ4v) is 3.21. The number of anilines is 1. The molecule has 1 aromatic heterocycles. The zero-order chi connectivity index (χ0) is 18.7. The molecule has 3 rings (SSSR count). The quantitative estimate of drug-likeness (QED) is 0.828. The Hall–Kier alpha value is -2.18. The van der Waals surface area contributed by atoms with E-state index in [2.05, 4.69) is 26.1 Å². The first kappa shape index (κ1) is 18.6. The van der Waals surface area contributed by atoms with Crippen LogP contribution < -0.4 is 10.1 Å². The minimum absolute atomic E-state index is 0.145. The van der Waals surface area contributed by atoms with Crippen LogP contribution in [0.15, 0.2) is 18.2 Å². The molecule has 0 bridgehead atoms. The molecular formula is C20H27N3O3. The van der Waals surface area contributed by atoms with Crippen molar-refractivity contribution in [2.24, 2.45) is 0 Å². The highest BCUT2D eigenvalue weighted by molar-refractivity contribution is 5.68. The maximum Gasteiger partial charge on any atom is 0.148 e. The van der Waals surface area contributed by atoms with E-state index in [0.717, 1.165) is 52.6 Å². The van der Waals surface area contributed by atoms with Crippen molar-refractivity contribution in [1.82, 2.24) is 9.97 Å². The summed E-state index contributed by atoms with van der Waals surface area (Å²) in [6, 6.07) is 5.86. The van der Waals surface area contributed by atoms with Crippen molar-refractivity contribution < 1.29 is 14.6 Å². The molecule has 0 amide bonds. The summed E-state index contributed by atoms with van der Waals surface area (Å²) in [5.41, 5.74) is 4.92. The van der Waals surface area contributed by atoms with Gasteiger partial charge in [-0.15, -0.1) is 0 Å². The van der Waals surface area contributed by atoms with Crippen LogP contribution in [0.3, 0.4) is 0 Å². The molecule has 2 atom stereocenters. The van der Waals surface area contributed by atoms with Gasteiger partial charge in [0.15, 0.2) is 0 Å². The maximum absolute atomic E-state index is 10.0. The number of aromatic nitrogens is 2. The van der Waals surface area contributed by atoms with E-state index in [4.69, 9.17) is 19.4 Å². The Morgan fingerprint density at radius 3 is 2.54 bits per heavy atom. The van der Waals surface area contributed by atoms with Gasteiger partial charge >= 0.3 is 0 Å². The topological polar surface area (TPSA) is 76.5 Å². The summed E-state index contributed by atoms with van der Waals surface area (Å²) in [6.07, 6.45) is 1.01. The lowest BCUT2D eigenvalue weighted by Gasteiger charge is -2.20. The van der Waals surface area contributed by atoms with E-state index < -0.39 is 6.10 Å². The van der Waals surface area contributed by atoms with Gasteiger partial charge in [-0.1, -0.05) is 13.8 Å². The fraction of sp³-hybridized carbons (Fsp3) is 0.500. The lowest BCUT2D eigenvalue weighted by atomic mass is 10.0. The SMILES string of the molecule is CCc1nc(-c2ccc(OC)cc2C)c(CC)nc1NC1COC[C@H]1O. The van der Waals surface area contributed by atoms with E-state index in [1.165, 1.54) is 0 Å². The van der Waals surface area contributed by atoms with Crippen LogP contribution in [0.5, 0.6) is 5.75 Å². The van der Waals surface area contributed by atoms with E-state index in [9.17, 15) is 5.11 Å². The van der Waals surface area contributed by atoms with Crippen molar-refractivity contribution in [3.63, 3.8) is 0 Å². The Morgan fingerprint density at radius 1 is 1.19 bits per heavy atom. The number of nitrogens with one attached hydrogen (secondary N) is 1. The summed E-state index contributed by atoms with van der Waals surface area (Å²) in [7, 11) is 1.67. The first-order chi connectivity index (χ1) is 12.6. The molecule has 1 aromatic carbocycles. The second kappa shape index (κ2) is 8.01. The van der Waals surface area contributed by atoms with Crippen molar-refractivity contribution in [3.8, 4) is 17.0 Å². The van der Waals surface area contributed by atoms with Crippen LogP contribution in [0.25, 0.3) is 11.3 Å². The number of rotatable bonds is 6. The van der Waals surface area contributed by atoms with E-state index >= 15 is 0 Å². The molecule has 0 spiro atoms. The van der Waals surface area contributed by atoms with Crippen LogP contribution in [0.2, 0.25) is 0 Å². The zero-order valence-electron chi connectivity index (χ0n) is 15.9. The second-order valence-corrected chi connectivity index (χ2v) is 6.56. The second-order valence-electron chi connectivity index (χ2n) is 6.56. The number of hydrogen-bond acceptors (Lipinski definition) is 6. The van der Waals surface area contributed by atoms with Gasteiger partial charge < -0.3 is 19.9 Å². The standard InChI is InChI=1S/C20H27N3O3/c1-5-15-19(14-8-7-13(25-4)9-12(14)3)21-16(6-2)20(22-15)23-17-10-26-11-18(17)24/h7-9,17-18,24H,5-6,10-11H2,1-4H3,(H,22,23)/t17?,18-/m1/s1. The summed E-state index contributed by atoms with van der Waals surface area (Å²) >= 11 is 0. The van der Waals surface area contributed by atoms with Crippen molar-refractivity contribution in [2.45, 2.75) is 45.8 Å². The summed E-state index contributed by atoms with van der Waals surface area (Å²) in [5, 5.41) is 13.3. The molecule has 0 aliphatic carbocycles. The number of hydrogen-bond donors (Lipinski definition) is 2. The number of nitrogens with zero attached hydrogens (tertiary/aromatic N) is 2. The highest BCUT2D eigenvalue weighted by Crippen LogP contribution is 2.30. The molecule has 2 aromatic rings. The molecule has 1 fully saturated rings. The average Bonchev–Trinajstić information content (AvgIpc) is 3.06. The predicted molar refractivity (Wildman–Crippen MR) is 102 cm³/mol. The van der Waals surface area contributed by atoms with Crippen LogP contribution in [-0.4, -0.2) is 47.5 Å². The first-order valence-electron chi connectivity index (χ1n) is 9.14. The molecule has 1 aliphatic rings. The van der Waals surface area contributed by atoms with Gasteiger partial charge in [-0.05, 0) is 43.5 Å². The molecule has 6 nitrogen and oxygen atoms in total. The van der Waals surface area contributed by atoms with Gasteiger partial charge in [0.2, 0.25) is 0 Å². The van der Waals surface area contributed by atoms with Crippen LogP contribution >= 0.6 is 0 Å². The minimum Gasteiger partial charge on any atom is -0.497 e. The Bertz CT molecular complexity index is 779. The molecule has 26 heavy (non-hydrogen) atoms. The highest BCUT2D eigenvalue weighted by Gasteiger charge is 2.27. The third-order valence-corrected chi connectivity index (χ3v) is 4.77. The van der Waals surface area contributed by atoms with E-state index in [1.807, 2.05) is 18.2 Å². The highest BCUT2D eigenvalue weighted by atomic mass is 16.5. The van der Waals surface area contributed by atoms with Gasteiger partial charge in [0.25, 0.3) is 0 Å². The van der Waals surface area contributed by atoms with Crippen molar-refractivity contribution >= 4 is 5.82 Å². The summed E-state index contributed by atoms with van der Waals surface area (Å²) in [4.78, 5) is 9.78. The number of aliphatic hydroxyl groups is 1. The van der Waals surface area contributed by atoms with Gasteiger partial charge in [0.05, 0.1) is 49.6 Å². The smallest absolute Gasteiger partial charge is 0.148 e. The largest absolute Gasteiger partial charge is 0.497 e. The van der Waals surface area contributed by atoms with Crippen molar-refractivity contribution in [1.29, 1.82) is 0 Å². The van der Waals surface area contributed by atoms with Crippen LogP contribution in [0.4, 0.5) is 5.82 Å². The third kappa shape index (κ3) is 3.66. The van der Waals surface area contributed by atoms with E-state index in [-0.39, 0.29) is 6.04 Å². The normalized spacial score (nSPS) is 19.6. The molecule has 6 heteroatoms. The summed E-state index contributed by atoms with van der Waals surface area (Å²) < 4.78 is 10.6. The van der Waals surface area contributed by atoms with E-state index in [1.54, 1.807) is 7.11 Å². The lowest BCUT2D eigenvalue weighted by Crippen LogP contribution is -2.33. The molecule has 1 saturated heterocycles. The molecule has 1 unspecified atom stereocenters. The van der Waals surface area contributed by atoms with Gasteiger partial charge in [-0.3, -0.25) is 0 Å². The molecule has 140 valence electrons. The minimum atomic E-state index is -0.518. The Kier molecular flexibility index (Phi) is 5.74. The first-order valence-corrected chi connectivity index (χ1v) is 9.14. The number of ether oxygens (including phenoxy) is 2. The maximum atomic E-state index is 10.0. The average molecular weight is 357 g/mol. The Labute approximate surface area is 154 Å². The molecule has 0 radical (unpaired) electrons. The monoisotopic (exact) mass is 357 g/mol. The number of benzene rings is 1. The molecule has 2 heterocycles.